The van der Waals surface area contributed by atoms with Gasteiger partial charge in [0.25, 0.3) is 5.91 Å². The topological polar surface area (TPSA) is 94.0 Å². The molecule has 0 unspecified atom stereocenters. The molecule has 1 amide bonds. The summed E-state index contributed by atoms with van der Waals surface area (Å²) in [5.41, 5.74) is 6.30. The second-order valence-electron chi connectivity index (χ2n) is 7.48. The van der Waals surface area contributed by atoms with Crippen LogP contribution in [0.3, 0.4) is 0 Å². The summed E-state index contributed by atoms with van der Waals surface area (Å²) < 4.78 is 16.5. The number of fused-ring (bicyclic) bond motifs is 1. The first-order valence-corrected chi connectivity index (χ1v) is 10.3. The average Bonchev–Trinajstić information content (AvgIpc) is 3.36. The van der Waals surface area contributed by atoms with Crippen LogP contribution in [0.5, 0.6) is 5.75 Å². The van der Waals surface area contributed by atoms with E-state index in [0.717, 1.165) is 24.0 Å². The van der Waals surface area contributed by atoms with Gasteiger partial charge in [0, 0.05) is 17.5 Å². The van der Waals surface area contributed by atoms with Crippen LogP contribution in [0, 0.1) is 13.8 Å². The van der Waals surface area contributed by atoms with E-state index in [1.807, 2.05) is 19.1 Å². The fraction of sp³-hybridized carbons (Fsp3) is 0.292. The van der Waals surface area contributed by atoms with Crippen LogP contribution in [0.2, 0.25) is 0 Å². The smallest absolute Gasteiger partial charge is 0.379 e. The van der Waals surface area contributed by atoms with Crippen molar-refractivity contribution in [1.29, 1.82) is 0 Å². The molecule has 0 aliphatic heterocycles. The molecule has 0 fully saturated rings. The van der Waals surface area contributed by atoms with Crippen LogP contribution in [-0.2, 0) is 12.8 Å². The van der Waals surface area contributed by atoms with Crippen LogP contribution in [0.15, 0.2) is 50.5 Å². The van der Waals surface area contributed by atoms with E-state index in [4.69, 9.17) is 13.6 Å². The van der Waals surface area contributed by atoms with Gasteiger partial charge in [-0.15, -0.1) is 0 Å². The normalized spacial score (nSPS) is 14.4. The number of nitrogens with zero attached hydrogens (tertiary/aromatic N) is 1. The van der Waals surface area contributed by atoms with Gasteiger partial charge < -0.3 is 13.6 Å². The molecule has 3 aromatic rings. The van der Waals surface area contributed by atoms with Gasteiger partial charge in [-0.25, -0.2) is 10.2 Å². The number of furan rings is 2. The number of hydrazone groups is 1. The van der Waals surface area contributed by atoms with Crippen LogP contribution >= 0.6 is 0 Å². The third-order valence-electron chi connectivity index (χ3n) is 5.45. The number of esters is 1. The number of benzene rings is 1. The molecule has 0 bridgehead atoms. The van der Waals surface area contributed by atoms with Crippen molar-refractivity contribution < 1.29 is 23.2 Å². The Hall–Kier alpha value is -3.61. The van der Waals surface area contributed by atoms with Gasteiger partial charge in [-0.1, -0.05) is 19.1 Å². The SMILES string of the molecule is CCc1ccc(OC(=O)c2oc3c(c2C)/C(=N/NC(=O)c2ccoc2C)CCC3)cc1. The molecule has 1 aromatic carbocycles. The zero-order valence-electron chi connectivity index (χ0n) is 17.8. The number of hydrogen-bond donors (Lipinski definition) is 1. The van der Waals surface area contributed by atoms with Gasteiger partial charge in [0.15, 0.2) is 0 Å². The van der Waals surface area contributed by atoms with Crippen molar-refractivity contribution in [2.45, 2.75) is 46.5 Å². The minimum absolute atomic E-state index is 0.163. The lowest BCUT2D eigenvalue weighted by molar-refractivity contribution is 0.0698. The number of aryl methyl sites for hydroxylation is 3. The molecule has 2 heterocycles. The van der Waals surface area contributed by atoms with Crippen molar-refractivity contribution in [3.8, 4) is 5.75 Å². The summed E-state index contributed by atoms with van der Waals surface area (Å²) in [7, 11) is 0. The molecule has 0 atom stereocenters. The molecule has 1 aliphatic rings. The molecule has 7 nitrogen and oxygen atoms in total. The molecule has 0 radical (unpaired) electrons. The summed E-state index contributed by atoms with van der Waals surface area (Å²) in [5.74, 6) is 0.947. The van der Waals surface area contributed by atoms with Gasteiger partial charge in [-0.2, -0.15) is 5.10 Å². The van der Waals surface area contributed by atoms with Crippen LogP contribution in [0.25, 0.3) is 0 Å². The maximum atomic E-state index is 12.7. The number of nitrogens with one attached hydrogen (secondary N) is 1. The van der Waals surface area contributed by atoms with Gasteiger partial charge >= 0.3 is 5.97 Å². The second-order valence-corrected chi connectivity index (χ2v) is 7.48. The van der Waals surface area contributed by atoms with Crippen LogP contribution in [0.4, 0.5) is 0 Å². The maximum Gasteiger partial charge on any atom is 0.379 e. The van der Waals surface area contributed by atoms with Gasteiger partial charge in [0.2, 0.25) is 5.76 Å². The summed E-state index contributed by atoms with van der Waals surface area (Å²) in [6.45, 7) is 5.59. The molecule has 4 rings (SSSR count). The monoisotopic (exact) mass is 420 g/mol. The molecule has 0 saturated carbocycles. The highest BCUT2D eigenvalue weighted by Crippen LogP contribution is 2.30. The first-order valence-electron chi connectivity index (χ1n) is 10.3. The number of rotatable bonds is 5. The quantitative estimate of drug-likeness (QED) is 0.365. The second kappa shape index (κ2) is 8.63. The zero-order chi connectivity index (χ0) is 22.0. The molecule has 1 aliphatic carbocycles. The van der Waals surface area contributed by atoms with Crippen molar-refractivity contribution in [3.05, 3.63) is 76.1 Å². The highest BCUT2D eigenvalue weighted by molar-refractivity contribution is 6.06. The van der Waals surface area contributed by atoms with E-state index in [9.17, 15) is 9.59 Å². The Morgan fingerprint density at radius 1 is 1.13 bits per heavy atom. The standard InChI is InChI=1S/C24H24N2O5/c1-4-16-8-10-17(11-9-16)30-24(28)22-14(2)21-19(6-5-7-20(21)31-22)25-26-23(27)18-12-13-29-15(18)3/h8-13H,4-7H2,1-3H3,(H,26,27)/b25-19+. The molecule has 1 N–H and O–H groups in total. The van der Waals surface area contributed by atoms with Gasteiger partial charge in [0.1, 0.15) is 17.3 Å². The van der Waals surface area contributed by atoms with Crippen molar-refractivity contribution in [2.75, 3.05) is 0 Å². The Kier molecular flexibility index (Phi) is 5.75. The Morgan fingerprint density at radius 3 is 2.58 bits per heavy atom. The van der Waals surface area contributed by atoms with E-state index >= 15 is 0 Å². The van der Waals surface area contributed by atoms with Gasteiger partial charge in [0.05, 0.1) is 17.5 Å². The lowest BCUT2D eigenvalue weighted by atomic mass is 9.93. The summed E-state index contributed by atoms with van der Waals surface area (Å²) >= 11 is 0. The molecular formula is C24H24N2O5. The third kappa shape index (κ3) is 4.17. The Labute approximate surface area is 180 Å². The van der Waals surface area contributed by atoms with Gasteiger partial charge in [-0.05, 0) is 56.9 Å². The van der Waals surface area contributed by atoms with E-state index in [1.165, 1.54) is 6.26 Å². The number of amides is 1. The first-order chi connectivity index (χ1) is 15.0. The first kappa shape index (κ1) is 20.7. The number of ether oxygens (including phenoxy) is 1. The molecule has 160 valence electrons. The Bertz CT molecular complexity index is 1150. The Balaban J connectivity index is 1.55. The lowest BCUT2D eigenvalue weighted by Crippen LogP contribution is -2.22. The summed E-state index contributed by atoms with van der Waals surface area (Å²) in [5, 5.41) is 4.32. The van der Waals surface area contributed by atoms with Crippen LogP contribution < -0.4 is 10.2 Å². The number of carbonyl (C=O) groups excluding carboxylic acids is 2. The third-order valence-corrected chi connectivity index (χ3v) is 5.45. The largest absolute Gasteiger partial charge is 0.469 e. The van der Waals surface area contributed by atoms with Crippen LogP contribution in [-0.4, -0.2) is 17.6 Å². The lowest BCUT2D eigenvalue weighted by Gasteiger charge is -2.13. The predicted molar refractivity (Wildman–Crippen MR) is 115 cm³/mol. The average molecular weight is 420 g/mol. The van der Waals surface area contributed by atoms with Crippen LogP contribution in [0.1, 0.15) is 68.9 Å². The fourth-order valence-electron chi connectivity index (χ4n) is 3.72. The highest BCUT2D eigenvalue weighted by atomic mass is 16.5. The number of carbonyl (C=O) groups is 2. The maximum absolute atomic E-state index is 12.7. The molecular weight excluding hydrogens is 396 g/mol. The van der Waals surface area contributed by atoms with Crippen molar-refractivity contribution in [2.24, 2.45) is 5.10 Å². The molecule has 31 heavy (non-hydrogen) atoms. The number of hydrogen-bond acceptors (Lipinski definition) is 6. The van der Waals surface area contributed by atoms with E-state index in [-0.39, 0.29) is 11.7 Å². The molecule has 0 spiro atoms. The van der Waals surface area contributed by atoms with Crippen molar-refractivity contribution >= 4 is 17.6 Å². The zero-order valence-corrected chi connectivity index (χ0v) is 17.8. The summed E-state index contributed by atoms with van der Waals surface area (Å²) in [4.78, 5) is 25.1. The fourth-order valence-corrected chi connectivity index (χ4v) is 3.72. The Morgan fingerprint density at radius 2 is 1.90 bits per heavy atom. The summed E-state index contributed by atoms with van der Waals surface area (Å²) in [6.07, 6.45) is 4.56. The minimum atomic E-state index is -0.548. The van der Waals surface area contributed by atoms with Crippen molar-refractivity contribution in [1.82, 2.24) is 5.43 Å². The molecule has 0 saturated heterocycles. The molecule has 7 heteroatoms. The highest BCUT2D eigenvalue weighted by Gasteiger charge is 2.29. The van der Waals surface area contributed by atoms with E-state index in [2.05, 4.69) is 17.5 Å². The predicted octanol–water partition coefficient (Wildman–Crippen LogP) is 4.74. The van der Waals surface area contributed by atoms with E-state index in [1.54, 1.807) is 25.1 Å². The van der Waals surface area contributed by atoms with Gasteiger partial charge in [-0.3, -0.25) is 4.79 Å². The van der Waals surface area contributed by atoms with E-state index in [0.29, 0.717) is 47.0 Å². The van der Waals surface area contributed by atoms with E-state index < -0.39 is 5.97 Å². The summed E-state index contributed by atoms with van der Waals surface area (Å²) in [6, 6.07) is 9.00. The molecule has 2 aromatic heterocycles. The minimum Gasteiger partial charge on any atom is -0.469 e. The van der Waals surface area contributed by atoms with Crippen molar-refractivity contribution in [3.63, 3.8) is 0 Å².